The molecule has 1 aromatic carbocycles. The van der Waals surface area contributed by atoms with Crippen molar-refractivity contribution in [3.63, 3.8) is 0 Å². The standard InChI is InChI=1S/C23H37N5O.HI/c1-24-23(25-15-18-9-11-19(12-10-18)16-27(2)3)26-21-13-14-28(17-21)22(29)20-7-5-4-6-8-20;/h9-12,20-21H,4-8,13-17H2,1-3H3,(H2,24,25,26);1H. The van der Waals surface area contributed by atoms with E-state index in [1.165, 1.54) is 30.4 Å². The van der Waals surface area contributed by atoms with Crippen molar-refractivity contribution in [3.05, 3.63) is 35.4 Å². The second kappa shape index (κ2) is 12.5. The van der Waals surface area contributed by atoms with E-state index in [1.54, 1.807) is 7.05 Å². The Bertz CT molecular complexity index is 685. The van der Waals surface area contributed by atoms with E-state index in [0.717, 1.165) is 51.4 Å². The van der Waals surface area contributed by atoms with E-state index in [1.807, 2.05) is 0 Å². The van der Waals surface area contributed by atoms with E-state index in [9.17, 15) is 4.79 Å². The topological polar surface area (TPSA) is 60.0 Å². The van der Waals surface area contributed by atoms with Crippen LogP contribution in [-0.4, -0.2) is 61.9 Å². The number of guanidine groups is 1. The van der Waals surface area contributed by atoms with Gasteiger partial charge in [0.05, 0.1) is 0 Å². The summed E-state index contributed by atoms with van der Waals surface area (Å²) in [7, 11) is 5.96. The molecule has 2 fully saturated rings. The highest BCUT2D eigenvalue weighted by Crippen LogP contribution is 2.26. The van der Waals surface area contributed by atoms with Crippen molar-refractivity contribution in [1.29, 1.82) is 0 Å². The fourth-order valence-electron chi connectivity index (χ4n) is 4.39. The molecule has 6 nitrogen and oxygen atoms in total. The molecule has 0 aromatic heterocycles. The van der Waals surface area contributed by atoms with Crippen molar-refractivity contribution >= 4 is 35.8 Å². The van der Waals surface area contributed by atoms with Crippen molar-refractivity contribution in [2.45, 2.75) is 57.7 Å². The Labute approximate surface area is 198 Å². The monoisotopic (exact) mass is 527 g/mol. The smallest absolute Gasteiger partial charge is 0.225 e. The summed E-state index contributed by atoms with van der Waals surface area (Å²) in [5.41, 5.74) is 2.55. The zero-order valence-electron chi connectivity index (χ0n) is 18.7. The molecular weight excluding hydrogens is 489 g/mol. The molecule has 1 saturated carbocycles. The highest BCUT2D eigenvalue weighted by Gasteiger charge is 2.31. The van der Waals surface area contributed by atoms with Gasteiger partial charge in [-0.2, -0.15) is 0 Å². The summed E-state index contributed by atoms with van der Waals surface area (Å²) in [4.78, 5) is 21.4. The predicted octanol–water partition coefficient (Wildman–Crippen LogP) is 3.21. The molecule has 2 N–H and O–H groups in total. The quantitative estimate of drug-likeness (QED) is 0.339. The third kappa shape index (κ3) is 7.41. The molecule has 3 rings (SSSR count). The van der Waals surface area contributed by atoms with Crippen LogP contribution in [0.2, 0.25) is 0 Å². The lowest BCUT2D eigenvalue weighted by molar-refractivity contribution is -0.135. The molecule has 1 aromatic rings. The molecule has 1 aliphatic heterocycles. The van der Waals surface area contributed by atoms with Gasteiger partial charge in [-0.3, -0.25) is 9.79 Å². The lowest BCUT2D eigenvalue weighted by Gasteiger charge is -2.26. The van der Waals surface area contributed by atoms with Gasteiger partial charge in [0.2, 0.25) is 5.91 Å². The summed E-state index contributed by atoms with van der Waals surface area (Å²) in [6, 6.07) is 8.97. The van der Waals surface area contributed by atoms with Crippen molar-refractivity contribution < 1.29 is 4.79 Å². The molecule has 1 unspecified atom stereocenters. The first-order chi connectivity index (χ1) is 14.0. The molecule has 0 bridgehead atoms. The van der Waals surface area contributed by atoms with Gasteiger partial charge in [-0.25, -0.2) is 0 Å². The van der Waals surface area contributed by atoms with Gasteiger partial charge in [0, 0.05) is 45.2 Å². The summed E-state index contributed by atoms with van der Waals surface area (Å²) in [5.74, 6) is 1.43. The third-order valence-electron chi connectivity index (χ3n) is 6.00. The minimum absolute atomic E-state index is 0. The van der Waals surface area contributed by atoms with Gasteiger partial charge in [0.1, 0.15) is 0 Å². The fourth-order valence-corrected chi connectivity index (χ4v) is 4.39. The number of carbonyl (C=O) groups excluding carboxylic acids is 1. The second-order valence-electron chi connectivity index (χ2n) is 8.73. The molecular formula is C23H38IN5O. The lowest BCUT2D eigenvalue weighted by Crippen LogP contribution is -2.45. The van der Waals surface area contributed by atoms with Crippen LogP contribution in [-0.2, 0) is 17.9 Å². The Morgan fingerprint density at radius 1 is 1.10 bits per heavy atom. The van der Waals surface area contributed by atoms with E-state index < -0.39 is 0 Å². The van der Waals surface area contributed by atoms with Gasteiger partial charge in [0.25, 0.3) is 0 Å². The van der Waals surface area contributed by atoms with Crippen molar-refractivity contribution in [1.82, 2.24) is 20.4 Å². The van der Waals surface area contributed by atoms with Gasteiger partial charge in [0.15, 0.2) is 5.96 Å². The normalized spacial score (nSPS) is 20.2. The summed E-state index contributed by atoms with van der Waals surface area (Å²) < 4.78 is 0. The van der Waals surface area contributed by atoms with E-state index >= 15 is 0 Å². The first-order valence-corrected chi connectivity index (χ1v) is 11.0. The van der Waals surface area contributed by atoms with Crippen LogP contribution >= 0.6 is 24.0 Å². The van der Waals surface area contributed by atoms with Crippen LogP contribution < -0.4 is 10.6 Å². The molecule has 1 atom stereocenters. The maximum absolute atomic E-state index is 12.8. The number of carbonyl (C=O) groups is 1. The molecule has 30 heavy (non-hydrogen) atoms. The molecule has 168 valence electrons. The molecule has 1 amide bonds. The van der Waals surface area contributed by atoms with Crippen LogP contribution in [0.25, 0.3) is 0 Å². The predicted molar refractivity (Wildman–Crippen MR) is 134 cm³/mol. The Morgan fingerprint density at radius 3 is 2.40 bits per heavy atom. The average Bonchev–Trinajstić information content (AvgIpc) is 3.20. The molecule has 7 heteroatoms. The van der Waals surface area contributed by atoms with Gasteiger partial charge in [-0.1, -0.05) is 43.5 Å². The minimum atomic E-state index is 0. The highest BCUT2D eigenvalue weighted by atomic mass is 127. The van der Waals surface area contributed by atoms with E-state index in [4.69, 9.17) is 0 Å². The number of hydrogen-bond acceptors (Lipinski definition) is 3. The average molecular weight is 527 g/mol. The zero-order chi connectivity index (χ0) is 20.6. The van der Waals surface area contributed by atoms with Crippen LogP contribution in [0.5, 0.6) is 0 Å². The van der Waals surface area contributed by atoms with Gasteiger partial charge < -0.3 is 20.4 Å². The molecule has 2 aliphatic rings. The number of amides is 1. The zero-order valence-corrected chi connectivity index (χ0v) is 21.0. The van der Waals surface area contributed by atoms with E-state index in [2.05, 4.69) is 63.8 Å². The van der Waals surface area contributed by atoms with Gasteiger partial charge in [-0.15, -0.1) is 24.0 Å². The minimum Gasteiger partial charge on any atom is -0.352 e. The maximum atomic E-state index is 12.8. The highest BCUT2D eigenvalue weighted by molar-refractivity contribution is 14.0. The number of hydrogen-bond donors (Lipinski definition) is 2. The van der Waals surface area contributed by atoms with Gasteiger partial charge in [-0.05, 0) is 44.5 Å². The van der Waals surface area contributed by atoms with Crippen LogP contribution in [0, 0.1) is 5.92 Å². The third-order valence-corrected chi connectivity index (χ3v) is 6.00. The summed E-state index contributed by atoms with van der Waals surface area (Å²) >= 11 is 0. The van der Waals surface area contributed by atoms with Crippen LogP contribution in [0.1, 0.15) is 49.7 Å². The first-order valence-electron chi connectivity index (χ1n) is 11.0. The number of nitrogens with zero attached hydrogens (tertiary/aromatic N) is 3. The summed E-state index contributed by atoms with van der Waals surface area (Å²) in [6.45, 7) is 3.33. The Balaban J connectivity index is 0.00000320. The van der Waals surface area contributed by atoms with Crippen molar-refractivity contribution in [2.24, 2.45) is 10.9 Å². The summed E-state index contributed by atoms with van der Waals surface area (Å²) in [5, 5.41) is 6.90. The SMILES string of the molecule is CN=C(NCc1ccc(CN(C)C)cc1)NC1CCN(C(=O)C2CCCCC2)C1.I. The molecule has 1 saturated heterocycles. The number of likely N-dealkylation sites (tertiary alicyclic amines) is 1. The van der Waals surface area contributed by atoms with E-state index in [-0.39, 0.29) is 35.9 Å². The molecule has 0 spiro atoms. The second-order valence-corrected chi connectivity index (χ2v) is 8.73. The summed E-state index contributed by atoms with van der Waals surface area (Å²) in [6.07, 6.45) is 6.83. The van der Waals surface area contributed by atoms with Crippen LogP contribution in [0.15, 0.2) is 29.3 Å². The lowest BCUT2D eigenvalue weighted by atomic mass is 9.88. The van der Waals surface area contributed by atoms with Crippen LogP contribution in [0.4, 0.5) is 0 Å². The van der Waals surface area contributed by atoms with Crippen LogP contribution in [0.3, 0.4) is 0 Å². The first kappa shape index (κ1) is 24.9. The van der Waals surface area contributed by atoms with Crippen molar-refractivity contribution in [2.75, 3.05) is 34.2 Å². The molecule has 0 radical (unpaired) electrons. The number of rotatable bonds is 6. The Kier molecular flexibility index (Phi) is 10.4. The number of halogens is 1. The molecule has 1 heterocycles. The van der Waals surface area contributed by atoms with Gasteiger partial charge >= 0.3 is 0 Å². The number of aliphatic imine (C=N–C) groups is 1. The number of benzene rings is 1. The largest absolute Gasteiger partial charge is 0.352 e. The molecule has 1 aliphatic carbocycles. The fraction of sp³-hybridized carbons (Fsp3) is 0.652. The number of nitrogens with one attached hydrogen (secondary N) is 2. The Hall–Kier alpha value is -1.35. The van der Waals surface area contributed by atoms with E-state index in [0.29, 0.717) is 5.91 Å². The Morgan fingerprint density at radius 2 is 1.77 bits per heavy atom. The van der Waals surface area contributed by atoms with Crippen molar-refractivity contribution in [3.8, 4) is 0 Å². The maximum Gasteiger partial charge on any atom is 0.225 e.